The van der Waals surface area contributed by atoms with Gasteiger partial charge in [-0.05, 0) is 35.9 Å². The van der Waals surface area contributed by atoms with Crippen LogP contribution in [0, 0.1) is 0 Å². The van der Waals surface area contributed by atoms with Crippen LogP contribution in [0.25, 0.3) is 11.3 Å². The first-order chi connectivity index (χ1) is 13.1. The molecule has 3 aromatic rings. The van der Waals surface area contributed by atoms with E-state index in [4.69, 9.17) is 16.3 Å². The van der Waals surface area contributed by atoms with Crippen LogP contribution in [-0.2, 0) is 6.54 Å². The molecule has 2 N–H and O–H groups in total. The number of ether oxygens (including phenoxy) is 1. The van der Waals surface area contributed by atoms with Gasteiger partial charge in [-0.3, -0.25) is 10.1 Å². The second kappa shape index (κ2) is 7.42. The lowest BCUT2D eigenvalue weighted by molar-refractivity contribution is 0.0900. The number of fused-ring (bicyclic) bond motifs is 1. The zero-order valence-corrected chi connectivity index (χ0v) is 15.5. The molecule has 6 nitrogen and oxygen atoms in total. The van der Waals surface area contributed by atoms with Gasteiger partial charge < -0.3 is 10.1 Å². The lowest BCUT2D eigenvalue weighted by atomic mass is 10.1. The summed E-state index contributed by atoms with van der Waals surface area (Å²) in [5.74, 6) is 0.621. The minimum Gasteiger partial charge on any atom is -0.497 e. The lowest BCUT2D eigenvalue weighted by Gasteiger charge is -2.25. The summed E-state index contributed by atoms with van der Waals surface area (Å²) >= 11 is 6.05. The van der Waals surface area contributed by atoms with Crippen molar-refractivity contribution >= 4 is 17.5 Å². The van der Waals surface area contributed by atoms with Crippen molar-refractivity contribution in [2.45, 2.75) is 12.7 Å². The van der Waals surface area contributed by atoms with Crippen LogP contribution in [0.3, 0.4) is 0 Å². The Balaban J connectivity index is 1.60. The quantitative estimate of drug-likeness (QED) is 0.710. The van der Waals surface area contributed by atoms with Crippen molar-refractivity contribution in [3.05, 3.63) is 70.9 Å². The van der Waals surface area contributed by atoms with E-state index in [0.29, 0.717) is 23.8 Å². The van der Waals surface area contributed by atoms with Gasteiger partial charge in [0.15, 0.2) is 0 Å². The van der Waals surface area contributed by atoms with E-state index in [2.05, 4.69) is 15.7 Å². The van der Waals surface area contributed by atoms with Gasteiger partial charge in [0.25, 0.3) is 5.91 Å². The molecule has 0 unspecified atom stereocenters. The highest BCUT2D eigenvalue weighted by molar-refractivity contribution is 6.30. The maximum absolute atomic E-state index is 12.3. The van der Waals surface area contributed by atoms with E-state index in [1.807, 2.05) is 48.5 Å². The average Bonchev–Trinajstić information content (AvgIpc) is 3.14. The molecule has 0 bridgehead atoms. The average molecular weight is 383 g/mol. The Morgan fingerprint density at radius 1 is 1.26 bits per heavy atom. The molecule has 0 aliphatic carbocycles. The van der Waals surface area contributed by atoms with Crippen LogP contribution in [0.15, 0.2) is 54.6 Å². The SMILES string of the molecule is COc1cccc(-c2cc3n(n2)[C@@H](NCc2cccc(Cl)c2)CNC3=O)c1. The number of nitrogens with zero attached hydrogens (tertiary/aromatic N) is 2. The number of nitrogens with one attached hydrogen (secondary N) is 2. The second-order valence-corrected chi connectivity index (χ2v) is 6.76. The number of halogens is 1. The molecule has 0 saturated heterocycles. The molecule has 27 heavy (non-hydrogen) atoms. The van der Waals surface area contributed by atoms with E-state index in [9.17, 15) is 4.79 Å². The third kappa shape index (κ3) is 3.67. The van der Waals surface area contributed by atoms with Gasteiger partial charge in [0.2, 0.25) is 0 Å². The van der Waals surface area contributed by atoms with Crippen LogP contribution >= 0.6 is 11.6 Å². The van der Waals surface area contributed by atoms with Crippen molar-refractivity contribution < 1.29 is 9.53 Å². The monoisotopic (exact) mass is 382 g/mol. The minimum atomic E-state index is -0.143. The van der Waals surface area contributed by atoms with Crippen LogP contribution in [0.5, 0.6) is 5.75 Å². The van der Waals surface area contributed by atoms with Crippen LogP contribution in [0.1, 0.15) is 22.2 Å². The van der Waals surface area contributed by atoms with Gasteiger partial charge in [0.05, 0.1) is 19.3 Å². The van der Waals surface area contributed by atoms with E-state index in [-0.39, 0.29) is 12.1 Å². The minimum absolute atomic E-state index is 0.127. The van der Waals surface area contributed by atoms with Gasteiger partial charge in [0.1, 0.15) is 17.6 Å². The number of amides is 1. The van der Waals surface area contributed by atoms with E-state index in [1.54, 1.807) is 17.9 Å². The van der Waals surface area contributed by atoms with E-state index in [1.165, 1.54) is 0 Å². The Morgan fingerprint density at radius 3 is 2.93 bits per heavy atom. The molecule has 0 fully saturated rings. The zero-order chi connectivity index (χ0) is 18.8. The number of hydrogen-bond donors (Lipinski definition) is 2. The van der Waals surface area contributed by atoms with Crippen LogP contribution in [0.4, 0.5) is 0 Å². The molecule has 4 rings (SSSR count). The summed E-state index contributed by atoms with van der Waals surface area (Å²) in [6.45, 7) is 1.08. The Morgan fingerprint density at radius 2 is 2.11 bits per heavy atom. The largest absolute Gasteiger partial charge is 0.497 e. The molecular formula is C20H19ClN4O2. The predicted molar refractivity (Wildman–Crippen MR) is 104 cm³/mol. The molecule has 1 aromatic heterocycles. The fraction of sp³-hybridized carbons (Fsp3) is 0.200. The van der Waals surface area contributed by atoms with Gasteiger partial charge in [-0.25, -0.2) is 4.68 Å². The first kappa shape index (κ1) is 17.6. The fourth-order valence-electron chi connectivity index (χ4n) is 3.13. The molecule has 1 amide bonds. The van der Waals surface area contributed by atoms with Crippen molar-refractivity contribution in [1.82, 2.24) is 20.4 Å². The first-order valence-corrected chi connectivity index (χ1v) is 9.02. The van der Waals surface area contributed by atoms with Crippen LogP contribution in [0.2, 0.25) is 5.02 Å². The first-order valence-electron chi connectivity index (χ1n) is 8.64. The Bertz CT molecular complexity index is 986. The second-order valence-electron chi connectivity index (χ2n) is 6.33. The third-order valence-corrected chi connectivity index (χ3v) is 4.75. The summed E-state index contributed by atoms with van der Waals surface area (Å²) in [6.07, 6.45) is -0.143. The topological polar surface area (TPSA) is 68.2 Å². The van der Waals surface area contributed by atoms with Gasteiger partial charge in [-0.1, -0.05) is 35.9 Å². The van der Waals surface area contributed by atoms with Crippen molar-refractivity contribution in [2.24, 2.45) is 0 Å². The van der Waals surface area contributed by atoms with Gasteiger partial charge in [0, 0.05) is 17.1 Å². The number of benzene rings is 2. The van der Waals surface area contributed by atoms with E-state index >= 15 is 0 Å². The molecule has 1 atom stereocenters. The number of methoxy groups -OCH3 is 1. The van der Waals surface area contributed by atoms with Gasteiger partial charge >= 0.3 is 0 Å². The summed E-state index contributed by atoms with van der Waals surface area (Å²) in [5, 5.41) is 11.7. The molecule has 0 saturated carbocycles. The molecule has 0 spiro atoms. The van der Waals surface area contributed by atoms with Crippen molar-refractivity contribution in [2.75, 3.05) is 13.7 Å². The maximum Gasteiger partial charge on any atom is 0.269 e. The normalized spacial score (nSPS) is 15.9. The molecular weight excluding hydrogens is 364 g/mol. The molecule has 1 aliphatic heterocycles. The summed E-state index contributed by atoms with van der Waals surface area (Å²) < 4.78 is 7.03. The van der Waals surface area contributed by atoms with Crippen LogP contribution < -0.4 is 15.4 Å². The zero-order valence-electron chi connectivity index (χ0n) is 14.8. The number of rotatable bonds is 5. The molecule has 138 valence electrons. The van der Waals surface area contributed by atoms with Crippen molar-refractivity contribution in [3.8, 4) is 17.0 Å². The maximum atomic E-state index is 12.3. The summed E-state index contributed by atoms with van der Waals surface area (Å²) in [6, 6.07) is 17.1. The molecule has 2 heterocycles. The van der Waals surface area contributed by atoms with Crippen molar-refractivity contribution in [1.29, 1.82) is 0 Å². The summed E-state index contributed by atoms with van der Waals surface area (Å²) in [4.78, 5) is 12.3. The number of carbonyl (C=O) groups is 1. The number of carbonyl (C=O) groups excluding carboxylic acids is 1. The lowest BCUT2D eigenvalue weighted by Crippen LogP contribution is -2.45. The third-order valence-electron chi connectivity index (χ3n) is 4.52. The van der Waals surface area contributed by atoms with E-state index in [0.717, 1.165) is 22.6 Å². The highest BCUT2D eigenvalue weighted by Gasteiger charge is 2.27. The van der Waals surface area contributed by atoms with Gasteiger partial charge in [-0.15, -0.1) is 0 Å². The Labute approximate surface area is 162 Å². The number of hydrogen-bond acceptors (Lipinski definition) is 4. The summed E-state index contributed by atoms with van der Waals surface area (Å²) in [7, 11) is 1.63. The highest BCUT2D eigenvalue weighted by atomic mass is 35.5. The predicted octanol–water partition coefficient (Wildman–Crippen LogP) is 3.24. The smallest absolute Gasteiger partial charge is 0.269 e. The van der Waals surface area contributed by atoms with Crippen molar-refractivity contribution in [3.63, 3.8) is 0 Å². The molecule has 0 radical (unpaired) electrons. The van der Waals surface area contributed by atoms with E-state index < -0.39 is 0 Å². The number of aromatic nitrogens is 2. The highest BCUT2D eigenvalue weighted by Crippen LogP contribution is 2.26. The molecule has 2 aromatic carbocycles. The molecule has 1 aliphatic rings. The standard InChI is InChI=1S/C20H19ClN4O2/c1-27-16-7-3-5-14(9-16)17-10-18-20(26)23-12-19(25(18)24-17)22-11-13-4-2-6-15(21)8-13/h2-10,19,22H,11-12H2,1H3,(H,23,26)/t19-/m1/s1. The fourth-order valence-corrected chi connectivity index (χ4v) is 3.35. The molecule has 7 heteroatoms. The van der Waals surface area contributed by atoms with Gasteiger partial charge in [-0.2, -0.15) is 5.10 Å². The van der Waals surface area contributed by atoms with Crippen LogP contribution in [-0.4, -0.2) is 29.3 Å². The summed E-state index contributed by atoms with van der Waals surface area (Å²) in [5.41, 5.74) is 3.23. The Hall–Kier alpha value is -2.83. The Kier molecular flexibility index (Phi) is 4.83.